The molecule has 0 atom stereocenters. The van der Waals surface area contributed by atoms with Crippen molar-refractivity contribution in [1.82, 2.24) is 9.80 Å². The zero-order valence-corrected chi connectivity index (χ0v) is 21.2. The van der Waals surface area contributed by atoms with Crippen molar-refractivity contribution in [3.63, 3.8) is 0 Å². The van der Waals surface area contributed by atoms with Crippen LogP contribution in [0.25, 0.3) is 6.08 Å². The van der Waals surface area contributed by atoms with Crippen molar-refractivity contribution in [3.05, 3.63) is 61.7 Å². The fourth-order valence-corrected chi connectivity index (χ4v) is 4.31. The first-order chi connectivity index (χ1) is 14.8. The minimum Gasteiger partial charge on any atom is -0.490 e. The van der Waals surface area contributed by atoms with Crippen molar-refractivity contribution in [2.24, 2.45) is 0 Å². The zero-order chi connectivity index (χ0) is 22.7. The maximum Gasteiger partial charge on any atom is 0.276 e. The molecule has 2 aromatic carbocycles. The van der Waals surface area contributed by atoms with Gasteiger partial charge < -0.3 is 14.4 Å². The number of rotatable bonds is 7. The van der Waals surface area contributed by atoms with Gasteiger partial charge in [0.15, 0.2) is 16.6 Å². The molecular weight excluding hydrogens is 523 g/mol. The van der Waals surface area contributed by atoms with Crippen LogP contribution in [0.1, 0.15) is 25.0 Å². The Morgan fingerprint density at radius 2 is 1.87 bits per heavy atom. The number of amides is 1. The van der Waals surface area contributed by atoms with Crippen LogP contribution in [0.2, 0.25) is 10.0 Å². The van der Waals surface area contributed by atoms with E-state index in [1.54, 1.807) is 35.1 Å². The van der Waals surface area contributed by atoms with Gasteiger partial charge in [-0.25, -0.2) is 0 Å². The number of carbonyl (C=O) groups is 1. The molecule has 5 nitrogen and oxygen atoms in total. The number of hydrogen-bond donors (Lipinski definition) is 0. The summed E-state index contributed by atoms with van der Waals surface area (Å²) in [5, 5.41) is 1.45. The predicted octanol–water partition coefficient (Wildman–Crippen LogP) is 6.15. The number of nitrogens with zero attached hydrogens (tertiary/aromatic N) is 2. The highest BCUT2D eigenvalue weighted by atomic mass is 79.9. The van der Waals surface area contributed by atoms with Crippen LogP contribution in [0, 0.1) is 0 Å². The Morgan fingerprint density at radius 1 is 1.13 bits per heavy atom. The molecule has 31 heavy (non-hydrogen) atoms. The Bertz CT molecular complexity index is 1060. The average Bonchev–Trinajstić information content (AvgIpc) is 2.93. The molecule has 1 fully saturated rings. The third-order valence-corrected chi connectivity index (χ3v) is 6.48. The van der Waals surface area contributed by atoms with Gasteiger partial charge in [0.1, 0.15) is 12.3 Å². The minimum atomic E-state index is -0.121. The largest absolute Gasteiger partial charge is 0.490 e. The molecule has 0 spiro atoms. The molecule has 164 valence electrons. The normalized spacial score (nSPS) is 15.2. The van der Waals surface area contributed by atoms with Gasteiger partial charge in [-0.15, -0.1) is 0 Å². The van der Waals surface area contributed by atoms with Crippen molar-refractivity contribution in [2.75, 3.05) is 20.2 Å². The highest BCUT2D eigenvalue weighted by molar-refractivity contribution is 9.10. The summed E-state index contributed by atoms with van der Waals surface area (Å²) in [6.07, 6.45) is 1.79. The molecule has 0 saturated carbocycles. The van der Waals surface area contributed by atoms with Crippen LogP contribution in [0.3, 0.4) is 0 Å². The lowest BCUT2D eigenvalue weighted by Crippen LogP contribution is -2.30. The van der Waals surface area contributed by atoms with Crippen molar-refractivity contribution in [1.29, 1.82) is 0 Å². The first-order valence-electron chi connectivity index (χ1n) is 9.61. The fraction of sp³-hybridized carbons (Fsp3) is 0.273. The highest BCUT2D eigenvalue weighted by Gasteiger charge is 2.34. The Hall–Kier alpha value is -1.80. The molecule has 0 aromatic heterocycles. The molecule has 3 rings (SSSR count). The number of thiocarbonyl (C=S) groups is 1. The second-order valence-corrected chi connectivity index (χ2v) is 8.75. The van der Waals surface area contributed by atoms with Crippen molar-refractivity contribution in [2.45, 2.75) is 20.5 Å². The topological polar surface area (TPSA) is 42.0 Å². The fourth-order valence-electron chi connectivity index (χ4n) is 3.11. The molecule has 1 saturated heterocycles. The number of benzene rings is 2. The number of carbonyl (C=O) groups excluding carboxylic acids is 1. The number of halogens is 3. The van der Waals surface area contributed by atoms with E-state index in [-0.39, 0.29) is 12.5 Å². The summed E-state index contributed by atoms with van der Waals surface area (Å²) in [4.78, 5) is 16.0. The Labute approximate surface area is 205 Å². The molecule has 9 heteroatoms. The molecule has 0 unspecified atom stereocenters. The molecule has 1 aliphatic rings. The van der Waals surface area contributed by atoms with Gasteiger partial charge in [0, 0.05) is 13.6 Å². The molecule has 2 aromatic rings. The summed E-state index contributed by atoms with van der Waals surface area (Å²) in [5.74, 6) is 1.00. The van der Waals surface area contributed by atoms with E-state index in [0.29, 0.717) is 50.0 Å². The van der Waals surface area contributed by atoms with E-state index in [1.807, 2.05) is 32.0 Å². The van der Waals surface area contributed by atoms with Crippen LogP contribution in [0.5, 0.6) is 11.5 Å². The van der Waals surface area contributed by atoms with Gasteiger partial charge in [-0.1, -0.05) is 29.3 Å². The highest BCUT2D eigenvalue weighted by Crippen LogP contribution is 2.38. The van der Waals surface area contributed by atoms with Gasteiger partial charge >= 0.3 is 0 Å². The lowest BCUT2D eigenvalue weighted by Gasteiger charge is -2.16. The standard InChI is InChI=1S/C22H21BrCl2N2O3S/c1-4-27-21(28)18(26(3)22(27)31)10-14-8-15(23)20(19(11-14)29-5-2)30-12-13-6-7-16(24)17(25)9-13/h6-11H,4-5,12H2,1-3H3/b18-10-. The first kappa shape index (κ1) is 23.9. The van der Waals surface area contributed by atoms with Crippen LogP contribution in [0.4, 0.5) is 0 Å². The maximum absolute atomic E-state index is 12.7. The molecular formula is C22H21BrCl2N2O3S. The second kappa shape index (κ2) is 10.2. The third-order valence-electron chi connectivity index (χ3n) is 4.66. The number of likely N-dealkylation sites (N-methyl/N-ethyl adjacent to an activating group) is 2. The summed E-state index contributed by atoms with van der Waals surface area (Å²) in [6.45, 7) is 5.06. The van der Waals surface area contributed by atoms with E-state index < -0.39 is 0 Å². The molecule has 0 aliphatic carbocycles. The molecule has 0 N–H and O–H groups in total. The second-order valence-electron chi connectivity index (χ2n) is 6.72. The van der Waals surface area contributed by atoms with E-state index in [1.165, 1.54) is 0 Å². The SMILES string of the molecule is CCOc1cc(/C=C2/C(=O)N(CC)C(=S)N2C)cc(Br)c1OCc1ccc(Cl)c(Cl)c1. The monoisotopic (exact) mass is 542 g/mol. The molecule has 0 bridgehead atoms. The summed E-state index contributed by atoms with van der Waals surface area (Å²) >= 11 is 21.0. The minimum absolute atomic E-state index is 0.121. The van der Waals surface area contributed by atoms with E-state index in [0.717, 1.165) is 11.1 Å². The van der Waals surface area contributed by atoms with E-state index in [9.17, 15) is 4.79 Å². The zero-order valence-electron chi connectivity index (χ0n) is 17.2. The number of hydrogen-bond acceptors (Lipinski definition) is 4. The van der Waals surface area contributed by atoms with Gasteiger partial charge in [-0.3, -0.25) is 9.69 Å². The first-order valence-corrected chi connectivity index (χ1v) is 11.6. The van der Waals surface area contributed by atoms with E-state index in [4.69, 9.17) is 44.9 Å². The smallest absolute Gasteiger partial charge is 0.276 e. The van der Waals surface area contributed by atoms with Crippen LogP contribution in [0.15, 0.2) is 40.5 Å². The lowest BCUT2D eigenvalue weighted by atomic mass is 10.1. The van der Waals surface area contributed by atoms with Crippen LogP contribution >= 0.6 is 51.3 Å². The van der Waals surface area contributed by atoms with E-state index in [2.05, 4.69) is 15.9 Å². The van der Waals surface area contributed by atoms with Gasteiger partial charge in [0.2, 0.25) is 0 Å². The van der Waals surface area contributed by atoms with Crippen LogP contribution in [-0.2, 0) is 11.4 Å². The van der Waals surface area contributed by atoms with Crippen LogP contribution in [-0.4, -0.2) is 41.0 Å². The summed E-state index contributed by atoms with van der Waals surface area (Å²) in [5.41, 5.74) is 2.17. The Morgan fingerprint density at radius 3 is 2.48 bits per heavy atom. The molecule has 1 aliphatic heterocycles. The van der Waals surface area contributed by atoms with Crippen molar-refractivity contribution < 1.29 is 14.3 Å². The van der Waals surface area contributed by atoms with Gasteiger partial charge in [-0.2, -0.15) is 0 Å². The van der Waals surface area contributed by atoms with Gasteiger partial charge in [-0.05, 0) is 83.5 Å². The van der Waals surface area contributed by atoms with E-state index >= 15 is 0 Å². The summed E-state index contributed by atoms with van der Waals surface area (Å²) in [6, 6.07) is 9.06. The predicted molar refractivity (Wildman–Crippen MR) is 132 cm³/mol. The Kier molecular flexibility index (Phi) is 7.86. The third kappa shape index (κ3) is 5.17. The maximum atomic E-state index is 12.7. The summed E-state index contributed by atoms with van der Waals surface area (Å²) in [7, 11) is 1.79. The molecule has 1 heterocycles. The lowest BCUT2D eigenvalue weighted by molar-refractivity contribution is -0.122. The summed E-state index contributed by atoms with van der Waals surface area (Å²) < 4.78 is 12.5. The van der Waals surface area contributed by atoms with Crippen molar-refractivity contribution in [3.8, 4) is 11.5 Å². The quantitative estimate of drug-likeness (QED) is 0.309. The number of ether oxygens (including phenoxy) is 2. The average molecular weight is 544 g/mol. The van der Waals surface area contributed by atoms with Gasteiger partial charge in [0.05, 0.1) is 21.1 Å². The molecule has 1 amide bonds. The Balaban J connectivity index is 1.90. The van der Waals surface area contributed by atoms with Gasteiger partial charge in [0.25, 0.3) is 5.91 Å². The van der Waals surface area contributed by atoms with Crippen molar-refractivity contribution >= 4 is 68.4 Å². The molecule has 0 radical (unpaired) electrons. The van der Waals surface area contributed by atoms with Crippen LogP contribution < -0.4 is 9.47 Å².